The van der Waals surface area contributed by atoms with Gasteiger partial charge in [-0.3, -0.25) is 0 Å². The molecule has 0 aliphatic carbocycles. The SMILES string of the molecule is CCNC(=NCc1ccc(OC)c(OC(F)F)c1)NCc1nc(C)c(C)s1.I. The number of halogens is 3. The standard InChI is InChI=1S/C18H24F2N4O2S.HI/c1-5-21-18(23-10-16-24-11(2)12(3)27-16)22-9-13-6-7-14(25-4)15(8-13)26-17(19)20;/h6-8,17H,5,9-10H2,1-4H3,(H2,21,22,23);1H. The van der Waals surface area contributed by atoms with Crippen LogP contribution in [0.5, 0.6) is 11.5 Å². The molecule has 0 bridgehead atoms. The number of benzene rings is 1. The first-order valence-electron chi connectivity index (χ1n) is 8.49. The number of aromatic nitrogens is 1. The molecule has 0 fully saturated rings. The Hall–Kier alpha value is -1.69. The second-order valence-corrected chi connectivity index (χ2v) is 6.95. The van der Waals surface area contributed by atoms with E-state index < -0.39 is 6.61 Å². The summed E-state index contributed by atoms with van der Waals surface area (Å²) in [4.78, 5) is 10.2. The van der Waals surface area contributed by atoms with E-state index in [1.54, 1.807) is 23.5 Å². The van der Waals surface area contributed by atoms with Gasteiger partial charge in [-0.2, -0.15) is 8.78 Å². The van der Waals surface area contributed by atoms with Gasteiger partial charge in [0.2, 0.25) is 0 Å². The van der Waals surface area contributed by atoms with Gasteiger partial charge in [-0.1, -0.05) is 6.07 Å². The average Bonchev–Trinajstić information content (AvgIpc) is 2.95. The van der Waals surface area contributed by atoms with Crippen molar-refractivity contribution >= 4 is 41.3 Å². The second kappa shape index (κ2) is 12.0. The van der Waals surface area contributed by atoms with Crippen LogP contribution >= 0.6 is 35.3 Å². The Bertz CT molecular complexity index is 767. The third kappa shape index (κ3) is 7.38. The van der Waals surface area contributed by atoms with Crippen LogP contribution in [0.4, 0.5) is 8.78 Å². The average molecular weight is 526 g/mol. The molecule has 0 aliphatic rings. The maximum Gasteiger partial charge on any atom is 0.387 e. The van der Waals surface area contributed by atoms with E-state index >= 15 is 0 Å². The molecular formula is C18H25F2IN4O2S. The Morgan fingerprint density at radius 2 is 2.00 bits per heavy atom. The lowest BCUT2D eigenvalue weighted by atomic mass is 10.2. The zero-order valence-corrected chi connectivity index (χ0v) is 19.4. The third-order valence-electron chi connectivity index (χ3n) is 3.69. The molecule has 2 N–H and O–H groups in total. The Balaban J connectivity index is 0.00000392. The number of alkyl halides is 2. The predicted octanol–water partition coefficient (Wildman–Crippen LogP) is 4.24. The van der Waals surface area contributed by atoms with E-state index in [2.05, 4.69) is 25.3 Å². The Labute approximate surface area is 184 Å². The first-order chi connectivity index (χ1) is 12.9. The molecule has 2 rings (SSSR count). The molecule has 2 aromatic rings. The van der Waals surface area contributed by atoms with Crippen LogP contribution in [-0.2, 0) is 13.1 Å². The summed E-state index contributed by atoms with van der Waals surface area (Å²) in [5.41, 5.74) is 1.76. The van der Waals surface area contributed by atoms with Gasteiger partial charge in [0, 0.05) is 11.4 Å². The molecule has 1 heterocycles. The highest BCUT2D eigenvalue weighted by Gasteiger charge is 2.11. The van der Waals surface area contributed by atoms with Gasteiger partial charge in [-0.15, -0.1) is 35.3 Å². The second-order valence-electron chi connectivity index (χ2n) is 5.66. The fourth-order valence-electron chi connectivity index (χ4n) is 2.29. The minimum atomic E-state index is -2.91. The van der Waals surface area contributed by atoms with Crippen molar-refractivity contribution in [3.05, 3.63) is 39.3 Å². The van der Waals surface area contributed by atoms with Crippen molar-refractivity contribution in [3.63, 3.8) is 0 Å². The molecule has 0 spiro atoms. The highest BCUT2D eigenvalue weighted by molar-refractivity contribution is 14.0. The van der Waals surface area contributed by atoms with Crippen LogP contribution in [0, 0.1) is 13.8 Å². The number of aryl methyl sites for hydroxylation is 2. The minimum Gasteiger partial charge on any atom is -0.493 e. The van der Waals surface area contributed by atoms with E-state index in [1.165, 1.54) is 18.1 Å². The van der Waals surface area contributed by atoms with Gasteiger partial charge in [0.05, 0.1) is 25.9 Å². The smallest absolute Gasteiger partial charge is 0.387 e. The molecule has 0 radical (unpaired) electrons. The summed E-state index contributed by atoms with van der Waals surface area (Å²) in [6.07, 6.45) is 0. The topological polar surface area (TPSA) is 67.8 Å². The lowest BCUT2D eigenvalue weighted by Gasteiger charge is -2.12. The summed E-state index contributed by atoms with van der Waals surface area (Å²) in [5, 5.41) is 7.36. The van der Waals surface area contributed by atoms with Gasteiger partial charge < -0.3 is 20.1 Å². The molecule has 28 heavy (non-hydrogen) atoms. The summed E-state index contributed by atoms with van der Waals surface area (Å²) in [5.74, 6) is 0.865. The maximum atomic E-state index is 12.5. The summed E-state index contributed by atoms with van der Waals surface area (Å²) in [7, 11) is 1.40. The van der Waals surface area contributed by atoms with E-state index in [4.69, 9.17) is 4.74 Å². The van der Waals surface area contributed by atoms with Gasteiger partial charge in [0.25, 0.3) is 0 Å². The lowest BCUT2D eigenvalue weighted by Crippen LogP contribution is -2.36. The van der Waals surface area contributed by atoms with Crippen molar-refractivity contribution in [3.8, 4) is 11.5 Å². The molecule has 1 aromatic heterocycles. The zero-order chi connectivity index (χ0) is 19.8. The number of thiazole rings is 1. The van der Waals surface area contributed by atoms with Crippen LogP contribution in [-0.4, -0.2) is 31.2 Å². The van der Waals surface area contributed by atoms with Crippen LogP contribution < -0.4 is 20.1 Å². The van der Waals surface area contributed by atoms with Crippen molar-refractivity contribution < 1.29 is 18.3 Å². The van der Waals surface area contributed by atoms with Crippen LogP contribution in [0.25, 0.3) is 0 Å². The molecule has 10 heteroatoms. The molecule has 0 aliphatic heterocycles. The van der Waals surface area contributed by atoms with Crippen LogP contribution in [0.2, 0.25) is 0 Å². The van der Waals surface area contributed by atoms with Crippen molar-refractivity contribution in [1.29, 1.82) is 0 Å². The number of hydrogen-bond donors (Lipinski definition) is 2. The normalized spacial score (nSPS) is 11.2. The van der Waals surface area contributed by atoms with Crippen molar-refractivity contribution in [1.82, 2.24) is 15.6 Å². The first-order valence-corrected chi connectivity index (χ1v) is 9.31. The van der Waals surface area contributed by atoms with Gasteiger partial charge in [0.1, 0.15) is 5.01 Å². The number of guanidine groups is 1. The van der Waals surface area contributed by atoms with Crippen LogP contribution in [0.1, 0.15) is 28.1 Å². The van der Waals surface area contributed by atoms with E-state index in [-0.39, 0.29) is 35.5 Å². The fraction of sp³-hybridized carbons (Fsp3) is 0.444. The molecular weight excluding hydrogens is 501 g/mol. The number of nitrogens with one attached hydrogen (secondary N) is 2. The van der Waals surface area contributed by atoms with E-state index in [9.17, 15) is 8.78 Å². The number of rotatable bonds is 8. The molecule has 0 amide bonds. The van der Waals surface area contributed by atoms with Gasteiger partial charge in [0.15, 0.2) is 17.5 Å². The van der Waals surface area contributed by atoms with Gasteiger partial charge >= 0.3 is 6.61 Å². The van der Waals surface area contributed by atoms with Crippen molar-refractivity contribution in [2.24, 2.45) is 4.99 Å². The van der Waals surface area contributed by atoms with E-state index in [1.807, 2.05) is 20.8 Å². The molecule has 156 valence electrons. The first kappa shape index (κ1) is 24.3. The minimum absolute atomic E-state index is 0. The largest absolute Gasteiger partial charge is 0.493 e. The summed E-state index contributed by atoms with van der Waals surface area (Å²) in [6, 6.07) is 4.85. The van der Waals surface area contributed by atoms with Crippen LogP contribution in [0.3, 0.4) is 0 Å². The Morgan fingerprint density at radius 1 is 1.25 bits per heavy atom. The van der Waals surface area contributed by atoms with Crippen LogP contribution in [0.15, 0.2) is 23.2 Å². The molecule has 0 unspecified atom stereocenters. The van der Waals surface area contributed by atoms with Crippen molar-refractivity contribution in [2.75, 3.05) is 13.7 Å². The number of aliphatic imine (C=N–C) groups is 1. The number of nitrogens with zero attached hydrogens (tertiary/aromatic N) is 2. The lowest BCUT2D eigenvalue weighted by molar-refractivity contribution is -0.0512. The highest BCUT2D eigenvalue weighted by atomic mass is 127. The quantitative estimate of drug-likeness (QED) is 0.306. The van der Waals surface area contributed by atoms with E-state index in [0.717, 1.165) is 16.3 Å². The predicted molar refractivity (Wildman–Crippen MR) is 118 cm³/mol. The third-order valence-corrected chi connectivity index (χ3v) is 4.76. The summed E-state index contributed by atoms with van der Waals surface area (Å²) < 4.78 is 34.6. The van der Waals surface area contributed by atoms with Gasteiger partial charge in [-0.05, 0) is 38.5 Å². The Kier molecular flexibility index (Phi) is 10.4. The Morgan fingerprint density at radius 3 is 2.57 bits per heavy atom. The van der Waals surface area contributed by atoms with Crippen molar-refractivity contribution in [2.45, 2.75) is 40.5 Å². The van der Waals surface area contributed by atoms with Gasteiger partial charge in [-0.25, -0.2) is 9.98 Å². The fourth-order valence-corrected chi connectivity index (χ4v) is 3.17. The summed E-state index contributed by atoms with van der Waals surface area (Å²) >= 11 is 1.64. The van der Waals surface area contributed by atoms with E-state index in [0.29, 0.717) is 25.6 Å². The number of ether oxygens (including phenoxy) is 2. The maximum absolute atomic E-state index is 12.5. The molecule has 0 saturated carbocycles. The monoisotopic (exact) mass is 526 g/mol. The molecule has 0 atom stereocenters. The summed E-state index contributed by atoms with van der Waals surface area (Å²) in [6.45, 7) is 4.64. The highest BCUT2D eigenvalue weighted by Crippen LogP contribution is 2.29. The number of methoxy groups -OCH3 is 1. The molecule has 6 nitrogen and oxygen atoms in total. The molecule has 0 saturated heterocycles. The number of hydrogen-bond acceptors (Lipinski definition) is 5. The zero-order valence-electron chi connectivity index (χ0n) is 16.2. The molecule has 1 aromatic carbocycles.